The van der Waals surface area contributed by atoms with Gasteiger partial charge >= 0.3 is 0 Å². The van der Waals surface area contributed by atoms with E-state index in [2.05, 4.69) is 54.1 Å². The van der Waals surface area contributed by atoms with Crippen molar-refractivity contribution in [2.75, 3.05) is 19.6 Å². The molecule has 2 rings (SSSR count). The van der Waals surface area contributed by atoms with Crippen molar-refractivity contribution in [1.29, 1.82) is 0 Å². The summed E-state index contributed by atoms with van der Waals surface area (Å²) in [6.07, 6.45) is 2.50. The highest BCUT2D eigenvalue weighted by Crippen LogP contribution is 2.13. The van der Waals surface area contributed by atoms with Crippen LogP contribution in [0.15, 0.2) is 42.5 Å². The van der Waals surface area contributed by atoms with Crippen LogP contribution in [0, 0.1) is 0 Å². The Hall–Kier alpha value is -1.12. The van der Waals surface area contributed by atoms with E-state index in [0.29, 0.717) is 6.04 Å². The van der Waals surface area contributed by atoms with Crippen molar-refractivity contribution in [3.8, 4) is 0 Å². The summed E-state index contributed by atoms with van der Waals surface area (Å²) >= 11 is 0. The van der Waals surface area contributed by atoms with Gasteiger partial charge in [0.25, 0.3) is 0 Å². The van der Waals surface area contributed by atoms with Gasteiger partial charge in [-0.2, -0.15) is 0 Å². The molecule has 0 spiro atoms. The molecule has 98 valence electrons. The second kappa shape index (κ2) is 6.72. The van der Waals surface area contributed by atoms with Gasteiger partial charge in [0.15, 0.2) is 0 Å². The van der Waals surface area contributed by atoms with Crippen LogP contribution >= 0.6 is 0 Å². The highest BCUT2D eigenvalue weighted by molar-refractivity contribution is 5.14. The van der Waals surface area contributed by atoms with Gasteiger partial charge in [0.2, 0.25) is 0 Å². The predicted octanol–water partition coefficient (Wildman–Crippen LogP) is 2.82. The monoisotopic (exact) mass is 244 g/mol. The van der Waals surface area contributed by atoms with Gasteiger partial charge in [0.05, 0.1) is 0 Å². The van der Waals surface area contributed by atoms with Gasteiger partial charge in [-0.15, -0.1) is 0 Å². The molecule has 1 heterocycles. The van der Waals surface area contributed by atoms with Gasteiger partial charge in [-0.3, -0.25) is 4.90 Å². The first-order valence-corrected chi connectivity index (χ1v) is 6.88. The van der Waals surface area contributed by atoms with Crippen LogP contribution in [-0.4, -0.2) is 30.6 Å². The van der Waals surface area contributed by atoms with Crippen LogP contribution < -0.4 is 5.32 Å². The fraction of sp³-hybridized carbons (Fsp3) is 0.500. The average molecular weight is 244 g/mol. The van der Waals surface area contributed by atoms with Crippen molar-refractivity contribution in [1.82, 2.24) is 10.2 Å². The molecule has 0 atom stereocenters. The lowest BCUT2D eigenvalue weighted by molar-refractivity contribution is 0.192. The molecule has 0 amide bonds. The number of benzene rings is 1. The van der Waals surface area contributed by atoms with E-state index in [1.54, 1.807) is 0 Å². The number of hydrogen-bond donors (Lipinski definition) is 1. The SMILES string of the molecule is C=C(C)CNC1CCN(Cc2ccccc2)CC1. The minimum Gasteiger partial charge on any atom is -0.310 e. The van der Waals surface area contributed by atoms with E-state index >= 15 is 0 Å². The summed E-state index contributed by atoms with van der Waals surface area (Å²) in [5, 5.41) is 3.58. The zero-order valence-corrected chi connectivity index (χ0v) is 11.4. The molecule has 2 heteroatoms. The first-order valence-electron chi connectivity index (χ1n) is 6.88. The van der Waals surface area contributed by atoms with Crippen molar-refractivity contribution in [3.63, 3.8) is 0 Å². The molecular weight excluding hydrogens is 220 g/mol. The largest absolute Gasteiger partial charge is 0.310 e. The molecule has 0 saturated carbocycles. The fourth-order valence-electron chi connectivity index (χ4n) is 2.46. The molecule has 1 aliphatic rings. The zero-order chi connectivity index (χ0) is 12.8. The summed E-state index contributed by atoms with van der Waals surface area (Å²) in [7, 11) is 0. The Morgan fingerprint density at radius 2 is 1.94 bits per heavy atom. The lowest BCUT2D eigenvalue weighted by atomic mass is 10.0. The maximum atomic E-state index is 3.94. The predicted molar refractivity (Wildman–Crippen MR) is 77.6 cm³/mol. The molecule has 2 nitrogen and oxygen atoms in total. The Bertz CT molecular complexity index is 364. The van der Waals surface area contributed by atoms with Crippen molar-refractivity contribution in [2.24, 2.45) is 0 Å². The number of nitrogens with one attached hydrogen (secondary N) is 1. The number of hydrogen-bond acceptors (Lipinski definition) is 2. The molecule has 1 aromatic rings. The van der Waals surface area contributed by atoms with Crippen LogP contribution in [0.5, 0.6) is 0 Å². The summed E-state index contributed by atoms with van der Waals surface area (Å²) in [4.78, 5) is 2.55. The maximum Gasteiger partial charge on any atom is 0.0233 e. The molecule has 18 heavy (non-hydrogen) atoms. The van der Waals surface area contributed by atoms with Crippen molar-refractivity contribution < 1.29 is 0 Å². The normalized spacial score (nSPS) is 17.8. The highest BCUT2D eigenvalue weighted by Gasteiger charge is 2.18. The third-order valence-corrected chi connectivity index (χ3v) is 3.53. The second-order valence-electron chi connectivity index (χ2n) is 5.37. The van der Waals surface area contributed by atoms with Crippen molar-refractivity contribution in [2.45, 2.75) is 32.4 Å². The summed E-state index contributed by atoms with van der Waals surface area (Å²) in [6, 6.07) is 11.4. The lowest BCUT2D eigenvalue weighted by Crippen LogP contribution is -2.42. The molecule has 0 aliphatic carbocycles. The molecule has 0 unspecified atom stereocenters. The minimum absolute atomic E-state index is 0.675. The zero-order valence-electron chi connectivity index (χ0n) is 11.4. The fourth-order valence-corrected chi connectivity index (χ4v) is 2.46. The first-order chi connectivity index (χ1) is 8.74. The van der Waals surface area contributed by atoms with Gasteiger partial charge in [0.1, 0.15) is 0 Å². The smallest absolute Gasteiger partial charge is 0.0233 e. The third-order valence-electron chi connectivity index (χ3n) is 3.53. The maximum absolute atomic E-state index is 3.94. The van der Waals surface area contributed by atoms with Gasteiger partial charge < -0.3 is 5.32 Å². The van der Waals surface area contributed by atoms with E-state index in [-0.39, 0.29) is 0 Å². The summed E-state index contributed by atoms with van der Waals surface area (Å²) < 4.78 is 0. The Kier molecular flexibility index (Phi) is 4.97. The molecule has 1 aliphatic heterocycles. The van der Waals surface area contributed by atoms with Crippen LogP contribution in [0.25, 0.3) is 0 Å². The minimum atomic E-state index is 0.675. The lowest BCUT2D eigenvalue weighted by Gasteiger charge is -2.32. The van der Waals surface area contributed by atoms with E-state index < -0.39 is 0 Å². The van der Waals surface area contributed by atoms with Crippen molar-refractivity contribution >= 4 is 0 Å². The van der Waals surface area contributed by atoms with Crippen LogP contribution in [-0.2, 0) is 6.54 Å². The van der Waals surface area contributed by atoms with Gasteiger partial charge in [-0.05, 0) is 38.4 Å². The van der Waals surface area contributed by atoms with E-state index in [0.717, 1.165) is 13.1 Å². The molecule has 0 bridgehead atoms. The van der Waals surface area contributed by atoms with Gasteiger partial charge in [-0.25, -0.2) is 0 Å². The van der Waals surface area contributed by atoms with E-state index in [1.165, 1.54) is 37.1 Å². The van der Waals surface area contributed by atoms with Crippen LogP contribution in [0.1, 0.15) is 25.3 Å². The summed E-state index contributed by atoms with van der Waals surface area (Å²) in [5.41, 5.74) is 2.65. The molecule has 1 fully saturated rings. The third kappa shape index (κ3) is 4.28. The highest BCUT2D eigenvalue weighted by atomic mass is 15.1. The van der Waals surface area contributed by atoms with Gasteiger partial charge in [-0.1, -0.05) is 42.5 Å². The van der Waals surface area contributed by atoms with E-state index in [1.807, 2.05) is 0 Å². The average Bonchev–Trinajstić information content (AvgIpc) is 2.39. The summed E-state index contributed by atoms with van der Waals surface area (Å²) in [6.45, 7) is 10.5. The van der Waals surface area contributed by atoms with E-state index in [4.69, 9.17) is 0 Å². The molecule has 1 saturated heterocycles. The van der Waals surface area contributed by atoms with Crippen LogP contribution in [0.2, 0.25) is 0 Å². The molecule has 0 radical (unpaired) electrons. The Morgan fingerprint density at radius 3 is 2.56 bits per heavy atom. The molecule has 0 aromatic heterocycles. The second-order valence-corrected chi connectivity index (χ2v) is 5.37. The number of nitrogens with zero attached hydrogens (tertiary/aromatic N) is 1. The van der Waals surface area contributed by atoms with Crippen LogP contribution in [0.3, 0.4) is 0 Å². The summed E-state index contributed by atoms with van der Waals surface area (Å²) in [5.74, 6) is 0. The number of likely N-dealkylation sites (tertiary alicyclic amines) is 1. The number of rotatable bonds is 5. The quantitative estimate of drug-likeness (QED) is 0.801. The number of piperidine rings is 1. The Labute approximate surface area is 111 Å². The Morgan fingerprint density at radius 1 is 1.28 bits per heavy atom. The molecular formula is C16H24N2. The van der Waals surface area contributed by atoms with E-state index in [9.17, 15) is 0 Å². The van der Waals surface area contributed by atoms with Gasteiger partial charge in [0, 0.05) is 19.1 Å². The van der Waals surface area contributed by atoms with Crippen molar-refractivity contribution in [3.05, 3.63) is 48.0 Å². The molecule has 1 aromatic carbocycles. The topological polar surface area (TPSA) is 15.3 Å². The standard InChI is InChI=1S/C16H24N2/c1-14(2)12-17-16-8-10-18(11-9-16)13-15-6-4-3-5-7-15/h3-7,16-17H,1,8-13H2,2H3. The molecule has 1 N–H and O–H groups in total. The Balaban J connectivity index is 1.72. The van der Waals surface area contributed by atoms with Crippen LogP contribution in [0.4, 0.5) is 0 Å². The first kappa shape index (κ1) is 13.3.